The number of rotatable bonds is 9. The first kappa shape index (κ1) is 20.5. The molecule has 0 aliphatic rings. The van der Waals surface area contributed by atoms with Gasteiger partial charge in [-0.2, -0.15) is 0 Å². The lowest BCUT2D eigenvalue weighted by atomic mass is 10.3. The van der Waals surface area contributed by atoms with Gasteiger partial charge in [-0.3, -0.25) is 4.79 Å². The van der Waals surface area contributed by atoms with E-state index in [2.05, 4.69) is 10.6 Å². The average molecular weight is 415 g/mol. The molecule has 7 heteroatoms. The number of hydrogen-bond acceptors (Lipinski definition) is 4. The molecule has 1 amide bonds. The van der Waals surface area contributed by atoms with Gasteiger partial charge in [-0.25, -0.2) is 4.39 Å². The molecule has 0 fully saturated rings. The van der Waals surface area contributed by atoms with E-state index in [0.29, 0.717) is 24.7 Å². The zero-order chi connectivity index (χ0) is 20.5. The fourth-order valence-electron chi connectivity index (χ4n) is 2.49. The molecular weight excluding hydrogens is 395 g/mol. The number of ether oxygens (including phenoxy) is 2. The van der Waals surface area contributed by atoms with Crippen LogP contribution in [-0.2, 0) is 4.79 Å². The molecule has 0 atom stereocenters. The molecule has 3 aromatic carbocycles. The molecule has 0 aliphatic carbocycles. The summed E-state index contributed by atoms with van der Waals surface area (Å²) in [6.45, 7) is 0.851. The van der Waals surface area contributed by atoms with E-state index in [9.17, 15) is 9.18 Å². The molecule has 0 heterocycles. The van der Waals surface area contributed by atoms with Crippen LogP contribution in [0.4, 0.5) is 15.8 Å². The van der Waals surface area contributed by atoms with Crippen LogP contribution in [-0.4, -0.2) is 25.7 Å². The molecule has 3 aromatic rings. The summed E-state index contributed by atoms with van der Waals surface area (Å²) < 4.78 is 24.4. The summed E-state index contributed by atoms with van der Waals surface area (Å²) in [5.74, 6) is 0.640. The molecule has 0 aromatic heterocycles. The Hall–Kier alpha value is -3.25. The van der Waals surface area contributed by atoms with Crippen molar-refractivity contribution in [2.24, 2.45) is 0 Å². The number of carbonyl (C=O) groups is 1. The average Bonchev–Trinajstić information content (AvgIpc) is 2.73. The number of carbonyl (C=O) groups excluding carboxylic acids is 1. The molecule has 0 spiro atoms. The van der Waals surface area contributed by atoms with E-state index in [1.54, 1.807) is 6.07 Å². The molecule has 0 saturated carbocycles. The summed E-state index contributed by atoms with van der Waals surface area (Å²) in [5.41, 5.74) is 1.16. The second kappa shape index (κ2) is 10.3. The van der Waals surface area contributed by atoms with Gasteiger partial charge in [0, 0.05) is 17.4 Å². The SMILES string of the molecule is O=C(CNc1cccc(OCCOc2ccccc2)c1)Nc1ccc(F)c(Cl)c1. The summed E-state index contributed by atoms with van der Waals surface area (Å²) in [7, 11) is 0. The molecule has 3 rings (SSSR count). The van der Waals surface area contributed by atoms with E-state index in [1.165, 1.54) is 18.2 Å². The number of benzene rings is 3. The lowest BCUT2D eigenvalue weighted by Gasteiger charge is -2.11. The maximum atomic E-state index is 13.2. The van der Waals surface area contributed by atoms with Crippen LogP contribution in [0, 0.1) is 5.82 Å². The van der Waals surface area contributed by atoms with Gasteiger partial charge in [0.1, 0.15) is 30.5 Å². The summed E-state index contributed by atoms with van der Waals surface area (Å²) >= 11 is 5.71. The van der Waals surface area contributed by atoms with E-state index >= 15 is 0 Å². The van der Waals surface area contributed by atoms with E-state index in [-0.39, 0.29) is 17.5 Å². The molecule has 0 saturated heterocycles. The summed E-state index contributed by atoms with van der Waals surface area (Å²) in [4.78, 5) is 12.1. The minimum atomic E-state index is -0.534. The maximum Gasteiger partial charge on any atom is 0.243 e. The number of para-hydroxylation sites is 1. The third kappa shape index (κ3) is 6.69. The third-order valence-corrected chi connectivity index (χ3v) is 4.14. The Morgan fingerprint density at radius 1 is 0.862 bits per heavy atom. The van der Waals surface area contributed by atoms with E-state index in [4.69, 9.17) is 21.1 Å². The second-order valence-electron chi connectivity index (χ2n) is 6.07. The van der Waals surface area contributed by atoms with E-state index < -0.39 is 5.82 Å². The normalized spacial score (nSPS) is 10.3. The smallest absolute Gasteiger partial charge is 0.243 e. The van der Waals surface area contributed by atoms with E-state index in [1.807, 2.05) is 48.5 Å². The van der Waals surface area contributed by atoms with Gasteiger partial charge in [-0.05, 0) is 42.5 Å². The first-order valence-electron chi connectivity index (χ1n) is 8.99. The second-order valence-corrected chi connectivity index (χ2v) is 6.48. The predicted molar refractivity (Wildman–Crippen MR) is 112 cm³/mol. The molecule has 29 heavy (non-hydrogen) atoms. The van der Waals surface area contributed by atoms with Gasteiger partial charge in [0.2, 0.25) is 5.91 Å². The lowest BCUT2D eigenvalue weighted by molar-refractivity contribution is -0.114. The van der Waals surface area contributed by atoms with Crippen LogP contribution < -0.4 is 20.1 Å². The van der Waals surface area contributed by atoms with Crippen LogP contribution in [0.15, 0.2) is 72.8 Å². The zero-order valence-electron chi connectivity index (χ0n) is 15.5. The molecule has 0 bridgehead atoms. The van der Waals surface area contributed by atoms with Crippen molar-refractivity contribution in [1.29, 1.82) is 0 Å². The van der Waals surface area contributed by atoms with E-state index in [0.717, 1.165) is 11.4 Å². The summed E-state index contributed by atoms with van der Waals surface area (Å²) in [6, 6.07) is 20.8. The Kier molecular flexibility index (Phi) is 7.30. The molecule has 2 N–H and O–H groups in total. The Bertz CT molecular complexity index is 954. The van der Waals surface area contributed by atoms with Crippen molar-refractivity contribution < 1.29 is 18.7 Å². The van der Waals surface area contributed by atoms with Crippen LogP contribution in [0.3, 0.4) is 0 Å². The Morgan fingerprint density at radius 3 is 2.34 bits per heavy atom. The highest BCUT2D eigenvalue weighted by molar-refractivity contribution is 6.31. The van der Waals surface area contributed by atoms with Gasteiger partial charge < -0.3 is 20.1 Å². The van der Waals surface area contributed by atoms with Gasteiger partial charge in [0.05, 0.1) is 11.6 Å². The summed E-state index contributed by atoms with van der Waals surface area (Å²) in [6.07, 6.45) is 0. The topological polar surface area (TPSA) is 59.6 Å². The fourth-order valence-corrected chi connectivity index (χ4v) is 2.67. The van der Waals surface area contributed by atoms with Gasteiger partial charge >= 0.3 is 0 Å². The molecule has 0 aliphatic heterocycles. The first-order chi connectivity index (χ1) is 14.1. The lowest BCUT2D eigenvalue weighted by Crippen LogP contribution is -2.21. The molecular formula is C22H20ClFN2O3. The Labute approximate surface area is 173 Å². The Morgan fingerprint density at radius 2 is 1.59 bits per heavy atom. The van der Waals surface area contributed by atoms with Gasteiger partial charge in [-0.1, -0.05) is 35.9 Å². The summed E-state index contributed by atoms with van der Waals surface area (Å²) in [5, 5.41) is 5.62. The van der Waals surface area contributed by atoms with Crippen molar-refractivity contribution >= 4 is 28.9 Å². The van der Waals surface area contributed by atoms with Crippen LogP contribution >= 0.6 is 11.6 Å². The molecule has 5 nitrogen and oxygen atoms in total. The highest BCUT2D eigenvalue weighted by Gasteiger charge is 2.06. The minimum absolute atomic E-state index is 0.0373. The van der Waals surface area contributed by atoms with Crippen molar-refractivity contribution in [3.05, 3.63) is 83.6 Å². The maximum absolute atomic E-state index is 13.2. The van der Waals surface area contributed by atoms with Gasteiger partial charge in [0.15, 0.2) is 0 Å². The number of amides is 1. The third-order valence-electron chi connectivity index (χ3n) is 3.85. The van der Waals surface area contributed by atoms with Crippen LogP contribution in [0.2, 0.25) is 5.02 Å². The molecule has 0 radical (unpaired) electrons. The number of anilines is 2. The Balaban J connectivity index is 1.43. The van der Waals surface area contributed by atoms with Gasteiger partial charge in [0.25, 0.3) is 0 Å². The van der Waals surface area contributed by atoms with Crippen molar-refractivity contribution in [1.82, 2.24) is 0 Å². The minimum Gasteiger partial charge on any atom is -0.490 e. The zero-order valence-corrected chi connectivity index (χ0v) is 16.3. The van der Waals surface area contributed by atoms with Crippen LogP contribution in [0.25, 0.3) is 0 Å². The van der Waals surface area contributed by atoms with Crippen molar-refractivity contribution in [3.8, 4) is 11.5 Å². The number of nitrogens with one attached hydrogen (secondary N) is 2. The monoisotopic (exact) mass is 414 g/mol. The standard InChI is InChI=1S/C22H20ClFN2O3/c23-20-14-17(9-10-21(20)24)26-22(27)15-25-16-5-4-8-19(13-16)29-12-11-28-18-6-2-1-3-7-18/h1-10,13-14,25H,11-12,15H2,(H,26,27). The van der Waals surface area contributed by atoms with Crippen LogP contribution in [0.1, 0.15) is 0 Å². The van der Waals surface area contributed by atoms with Crippen molar-refractivity contribution in [2.75, 3.05) is 30.4 Å². The van der Waals surface area contributed by atoms with Crippen LogP contribution in [0.5, 0.6) is 11.5 Å². The van der Waals surface area contributed by atoms with Gasteiger partial charge in [-0.15, -0.1) is 0 Å². The number of hydrogen-bond donors (Lipinski definition) is 2. The van der Waals surface area contributed by atoms with Crippen molar-refractivity contribution in [3.63, 3.8) is 0 Å². The largest absolute Gasteiger partial charge is 0.490 e. The molecule has 0 unspecified atom stereocenters. The fraction of sp³-hybridized carbons (Fsp3) is 0.136. The predicted octanol–water partition coefficient (Wildman–Crippen LogP) is 4.99. The highest BCUT2D eigenvalue weighted by atomic mass is 35.5. The highest BCUT2D eigenvalue weighted by Crippen LogP contribution is 2.20. The molecule has 150 valence electrons. The van der Waals surface area contributed by atoms with Crippen molar-refractivity contribution in [2.45, 2.75) is 0 Å². The first-order valence-corrected chi connectivity index (χ1v) is 9.37. The number of halogens is 2. The quantitative estimate of drug-likeness (QED) is 0.484.